The maximum atomic E-state index is 12.5. The van der Waals surface area contributed by atoms with E-state index in [0.717, 1.165) is 10.4 Å². The second-order valence-electron chi connectivity index (χ2n) is 6.33. The molecule has 3 aromatic rings. The van der Waals surface area contributed by atoms with E-state index < -0.39 is 17.6 Å². The summed E-state index contributed by atoms with van der Waals surface area (Å²) in [7, 11) is 3.00. The third-order valence-electron chi connectivity index (χ3n) is 4.35. The smallest absolute Gasteiger partial charge is 0.292 e. The molecule has 7 nitrogen and oxygen atoms in total. The first-order valence-electron chi connectivity index (χ1n) is 8.97. The monoisotopic (exact) mass is 424 g/mol. The van der Waals surface area contributed by atoms with Crippen LogP contribution in [0.4, 0.5) is 5.00 Å². The van der Waals surface area contributed by atoms with Gasteiger partial charge < -0.3 is 20.5 Å². The number of carbonyl (C=O) groups is 3. The van der Waals surface area contributed by atoms with E-state index in [1.54, 1.807) is 24.3 Å². The lowest BCUT2D eigenvalue weighted by Crippen LogP contribution is -2.25. The molecule has 8 heteroatoms. The fourth-order valence-electron chi connectivity index (χ4n) is 2.84. The molecule has 0 spiro atoms. The van der Waals surface area contributed by atoms with Crippen LogP contribution in [0.1, 0.15) is 15.9 Å². The molecule has 0 aliphatic carbocycles. The Morgan fingerprint density at radius 3 is 2.30 bits per heavy atom. The maximum absolute atomic E-state index is 12.5. The molecular weight excluding hydrogens is 404 g/mol. The largest absolute Gasteiger partial charge is 0.493 e. The van der Waals surface area contributed by atoms with Crippen LogP contribution in [0, 0.1) is 0 Å². The number of nitrogens with one attached hydrogen (secondary N) is 1. The highest BCUT2D eigenvalue weighted by molar-refractivity contribution is 7.20. The van der Waals surface area contributed by atoms with Gasteiger partial charge in [0.15, 0.2) is 11.5 Å². The highest BCUT2D eigenvalue weighted by Crippen LogP contribution is 2.35. The van der Waals surface area contributed by atoms with E-state index >= 15 is 0 Å². The molecule has 1 heterocycles. The zero-order chi connectivity index (χ0) is 21.7. The lowest BCUT2D eigenvalue weighted by Gasteiger charge is -2.09. The Bertz CT molecular complexity index is 1090. The first-order chi connectivity index (χ1) is 14.4. The van der Waals surface area contributed by atoms with Crippen molar-refractivity contribution < 1.29 is 23.9 Å². The summed E-state index contributed by atoms with van der Waals surface area (Å²) in [5, 5.41) is 2.77. The van der Waals surface area contributed by atoms with Gasteiger partial charge >= 0.3 is 0 Å². The highest BCUT2D eigenvalue weighted by atomic mass is 32.1. The summed E-state index contributed by atoms with van der Waals surface area (Å²) in [4.78, 5) is 37.4. The van der Waals surface area contributed by atoms with Crippen LogP contribution in [-0.2, 0) is 16.0 Å². The average Bonchev–Trinajstić information content (AvgIpc) is 3.18. The van der Waals surface area contributed by atoms with E-state index in [2.05, 4.69) is 5.32 Å². The van der Waals surface area contributed by atoms with Gasteiger partial charge in [0.25, 0.3) is 11.8 Å². The summed E-state index contributed by atoms with van der Waals surface area (Å²) in [5.74, 6) is -1.18. The third kappa shape index (κ3) is 4.66. The number of carbonyl (C=O) groups excluding carboxylic acids is 3. The van der Waals surface area contributed by atoms with Crippen LogP contribution in [0.25, 0.3) is 10.4 Å². The van der Waals surface area contributed by atoms with Gasteiger partial charge in [-0.25, -0.2) is 0 Å². The Kier molecular flexibility index (Phi) is 6.48. The molecule has 30 heavy (non-hydrogen) atoms. The van der Waals surface area contributed by atoms with Crippen molar-refractivity contribution in [3.05, 3.63) is 65.7 Å². The summed E-state index contributed by atoms with van der Waals surface area (Å²) >= 11 is 1.18. The van der Waals surface area contributed by atoms with Crippen molar-refractivity contribution in [3.8, 4) is 21.9 Å². The van der Waals surface area contributed by atoms with Crippen LogP contribution < -0.4 is 20.5 Å². The Labute approximate surface area is 177 Å². The van der Waals surface area contributed by atoms with Crippen LogP contribution in [-0.4, -0.2) is 31.8 Å². The van der Waals surface area contributed by atoms with Crippen LogP contribution in [0.5, 0.6) is 11.5 Å². The molecule has 1 aromatic heterocycles. The third-order valence-corrected chi connectivity index (χ3v) is 5.45. The number of anilines is 1. The van der Waals surface area contributed by atoms with E-state index in [9.17, 15) is 14.4 Å². The highest BCUT2D eigenvalue weighted by Gasteiger charge is 2.21. The molecule has 154 valence electrons. The van der Waals surface area contributed by atoms with E-state index in [-0.39, 0.29) is 17.0 Å². The Morgan fingerprint density at radius 2 is 1.67 bits per heavy atom. The van der Waals surface area contributed by atoms with Gasteiger partial charge in [0.2, 0.25) is 5.78 Å². The standard InChI is InChI=1S/C22H20N2O5S/c1-28-17-9-8-13(11-18(17)29-2)10-16(25)21(27)24-22-15(20(23)26)12-19(30-22)14-6-4-3-5-7-14/h3-9,11-12H,10H2,1-2H3,(H2,23,26)(H,24,27). The van der Waals surface area contributed by atoms with Gasteiger partial charge in [-0.2, -0.15) is 0 Å². The first kappa shape index (κ1) is 21.1. The molecule has 3 rings (SSSR count). The second-order valence-corrected chi connectivity index (χ2v) is 7.38. The van der Waals surface area contributed by atoms with Crippen LogP contribution in [0.3, 0.4) is 0 Å². The minimum atomic E-state index is -0.825. The van der Waals surface area contributed by atoms with E-state index in [4.69, 9.17) is 15.2 Å². The summed E-state index contributed by atoms with van der Waals surface area (Å²) < 4.78 is 10.4. The summed E-state index contributed by atoms with van der Waals surface area (Å²) in [6, 6.07) is 16.0. The van der Waals surface area contributed by atoms with Gasteiger partial charge in [-0.1, -0.05) is 36.4 Å². The van der Waals surface area contributed by atoms with Crippen molar-refractivity contribution in [1.29, 1.82) is 0 Å². The van der Waals surface area contributed by atoms with E-state index in [1.165, 1.54) is 25.6 Å². The molecule has 0 saturated heterocycles. The Hall–Kier alpha value is -3.65. The van der Waals surface area contributed by atoms with Gasteiger partial charge in [-0.3, -0.25) is 14.4 Å². The predicted octanol–water partition coefficient (Wildman–Crippen LogP) is 3.28. The summed E-state index contributed by atoms with van der Waals surface area (Å²) in [5.41, 5.74) is 7.08. The quantitative estimate of drug-likeness (QED) is 0.540. The summed E-state index contributed by atoms with van der Waals surface area (Å²) in [6.45, 7) is 0. The molecule has 2 aromatic carbocycles. The molecule has 2 amide bonds. The Balaban J connectivity index is 1.77. The minimum absolute atomic E-state index is 0.130. The fraction of sp³-hybridized carbons (Fsp3) is 0.136. The van der Waals surface area contributed by atoms with Crippen molar-refractivity contribution in [2.75, 3.05) is 19.5 Å². The number of primary amides is 1. The zero-order valence-electron chi connectivity index (χ0n) is 16.4. The maximum Gasteiger partial charge on any atom is 0.292 e. The van der Waals surface area contributed by atoms with Gasteiger partial charge in [-0.05, 0) is 29.3 Å². The molecular formula is C22H20N2O5S. The number of ketones is 1. The number of ether oxygens (including phenoxy) is 2. The lowest BCUT2D eigenvalue weighted by molar-refractivity contribution is -0.134. The molecule has 0 atom stereocenters. The molecule has 0 saturated carbocycles. The molecule has 3 N–H and O–H groups in total. The number of thiophene rings is 1. The number of Topliss-reactive ketones (excluding diaryl/α,β-unsaturated/α-hetero) is 1. The number of hydrogen-bond acceptors (Lipinski definition) is 6. The lowest BCUT2D eigenvalue weighted by atomic mass is 10.1. The SMILES string of the molecule is COc1ccc(CC(=O)C(=O)Nc2sc(-c3ccccc3)cc2C(N)=O)cc1OC. The number of hydrogen-bond donors (Lipinski definition) is 2. The summed E-state index contributed by atoms with van der Waals surface area (Å²) in [6.07, 6.45) is -0.130. The zero-order valence-corrected chi connectivity index (χ0v) is 17.2. The molecule has 0 bridgehead atoms. The number of benzene rings is 2. The van der Waals surface area contributed by atoms with Gasteiger partial charge in [0, 0.05) is 11.3 Å². The van der Waals surface area contributed by atoms with Crippen LogP contribution >= 0.6 is 11.3 Å². The molecule has 0 fully saturated rings. The van der Waals surface area contributed by atoms with Crippen LogP contribution in [0.15, 0.2) is 54.6 Å². The fourth-order valence-corrected chi connectivity index (χ4v) is 3.90. The van der Waals surface area contributed by atoms with Gasteiger partial charge in [-0.15, -0.1) is 11.3 Å². The number of nitrogens with two attached hydrogens (primary N) is 1. The molecule has 0 aliphatic rings. The van der Waals surface area contributed by atoms with Gasteiger partial charge in [0.05, 0.1) is 19.8 Å². The van der Waals surface area contributed by atoms with Crippen molar-refractivity contribution in [2.24, 2.45) is 5.73 Å². The number of amides is 2. The van der Waals surface area contributed by atoms with Gasteiger partial charge in [0.1, 0.15) is 5.00 Å². The second kappa shape index (κ2) is 9.23. The Morgan fingerprint density at radius 1 is 0.967 bits per heavy atom. The molecule has 0 unspecified atom stereocenters. The van der Waals surface area contributed by atoms with Crippen LogP contribution in [0.2, 0.25) is 0 Å². The molecule has 0 aliphatic heterocycles. The first-order valence-corrected chi connectivity index (χ1v) is 9.78. The number of rotatable bonds is 8. The normalized spacial score (nSPS) is 10.3. The topological polar surface area (TPSA) is 108 Å². The van der Waals surface area contributed by atoms with E-state index in [1.807, 2.05) is 30.3 Å². The van der Waals surface area contributed by atoms with Crippen molar-refractivity contribution in [1.82, 2.24) is 0 Å². The van der Waals surface area contributed by atoms with Crippen molar-refractivity contribution in [2.45, 2.75) is 6.42 Å². The van der Waals surface area contributed by atoms with Crippen molar-refractivity contribution >= 4 is 33.9 Å². The minimum Gasteiger partial charge on any atom is -0.493 e. The average molecular weight is 424 g/mol. The molecule has 0 radical (unpaired) electrons. The van der Waals surface area contributed by atoms with E-state index in [0.29, 0.717) is 17.1 Å². The predicted molar refractivity (Wildman–Crippen MR) is 115 cm³/mol. The number of methoxy groups -OCH3 is 2. The van der Waals surface area contributed by atoms with Crippen molar-refractivity contribution in [3.63, 3.8) is 0 Å².